The Hall–Kier alpha value is -1.92. The molecule has 0 bridgehead atoms. The summed E-state index contributed by atoms with van der Waals surface area (Å²) in [4.78, 5) is 18.0. The second kappa shape index (κ2) is 13.5. The molecule has 1 aromatic rings. The van der Waals surface area contributed by atoms with E-state index in [1.165, 1.54) is 0 Å². The predicted molar refractivity (Wildman–Crippen MR) is 74.4 cm³/mol. The summed E-state index contributed by atoms with van der Waals surface area (Å²) in [5.41, 5.74) is 1.16. The fourth-order valence-electron chi connectivity index (χ4n) is 1.13. The van der Waals surface area contributed by atoms with E-state index in [4.69, 9.17) is 30.0 Å². The Morgan fingerprint density at radius 2 is 1.30 bits per heavy atom. The maximum absolute atomic E-state index is 9.00. The van der Waals surface area contributed by atoms with Crippen molar-refractivity contribution in [2.24, 2.45) is 5.92 Å². The Morgan fingerprint density at radius 3 is 1.60 bits per heavy atom. The fraction of sp³-hybridized carbons (Fsp3) is 0.429. The van der Waals surface area contributed by atoms with Crippen molar-refractivity contribution in [1.29, 1.82) is 0 Å². The highest BCUT2D eigenvalue weighted by atomic mass is 16.4. The van der Waals surface area contributed by atoms with Gasteiger partial charge < -0.3 is 20.4 Å². The van der Waals surface area contributed by atoms with Gasteiger partial charge in [-0.2, -0.15) is 0 Å². The van der Waals surface area contributed by atoms with Gasteiger partial charge in [0.1, 0.15) is 0 Å². The summed E-state index contributed by atoms with van der Waals surface area (Å²) in [7, 11) is 0. The van der Waals surface area contributed by atoms with Gasteiger partial charge in [0, 0.05) is 33.0 Å². The Bertz CT molecular complexity index is 339. The molecule has 4 N–H and O–H groups in total. The first kappa shape index (κ1) is 20.4. The van der Waals surface area contributed by atoms with Gasteiger partial charge in [0.25, 0.3) is 11.9 Å². The minimum atomic E-state index is -0.833. The van der Waals surface area contributed by atoms with E-state index in [2.05, 4.69) is 0 Å². The molecule has 0 aliphatic carbocycles. The van der Waals surface area contributed by atoms with Crippen LogP contribution in [0.1, 0.15) is 19.4 Å². The summed E-state index contributed by atoms with van der Waals surface area (Å²) in [5.74, 6) is -1.69. The third kappa shape index (κ3) is 18.4. The Morgan fingerprint density at radius 1 is 0.950 bits per heavy atom. The van der Waals surface area contributed by atoms with Crippen LogP contribution in [-0.2, 0) is 16.0 Å². The van der Waals surface area contributed by atoms with Crippen LogP contribution in [0.3, 0.4) is 0 Å². The van der Waals surface area contributed by atoms with E-state index in [9.17, 15) is 0 Å². The molecule has 0 atom stereocenters. The monoisotopic (exact) mass is 286 g/mol. The smallest absolute Gasteiger partial charge is 0.300 e. The first-order valence-electron chi connectivity index (χ1n) is 5.98. The van der Waals surface area contributed by atoms with Gasteiger partial charge in [0.05, 0.1) is 0 Å². The lowest BCUT2D eigenvalue weighted by molar-refractivity contribution is -0.135. The van der Waals surface area contributed by atoms with E-state index in [0.29, 0.717) is 0 Å². The molecule has 6 nitrogen and oxygen atoms in total. The van der Waals surface area contributed by atoms with E-state index < -0.39 is 11.9 Å². The van der Waals surface area contributed by atoms with Crippen LogP contribution in [0.5, 0.6) is 0 Å². The van der Waals surface area contributed by atoms with Gasteiger partial charge in [0.15, 0.2) is 0 Å². The molecule has 0 fully saturated rings. The van der Waals surface area contributed by atoms with Crippen molar-refractivity contribution in [1.82, 2.24) is 0 Å². The zero-order valence-corrected chi connectivity index (χ0v) is 11.7. The molecular weight excluding hydrogens is 264 g/mol. The van der Waals surface area contributed by atoms with Crippen molar-refractivity contribution >= 4 is 11.9 Å². The maximum atomic E-state index is 9.00. The maximum Gasteiger partial charge on any atom is 0.300 e. The van der Waals surface area contributed by atoms with Crippen molar-refractivity contribution in [2.75, 3.05) is 13.2 Å². The number of carboxylic acid groups (broad SMARTS) is 2. The molecule has 0 aromatic heterocycles. The molecule has 0 heterocycles. The van der Waals surface area contributed by atoms with Gasteiger partial charge in [-0.05, 0) is 12.0 Å². The van der Waals surface area contributed by atoms with Gasteiger partial charge >= 0.3 is 0 Å². The molecule has 0 amide bonds. The van der Waals surface area contributed by atoms with Gasteiger partial charge in [0.2, 0.25) is 0 Å². The quantitative estimate of drug-likeness (QED) is 0.656. The van der Waals surface area contributed by atoms with Gasteiger partial charge in [-0.25, -0.2) is 0 Å². The standard InChI is InChI=1S/C10H14O2.2C2H4O2/c11-7-10(8-12)6-9-4-2-1-3-5-9;2*1-2(3)4/h1-5,10-12H,6-8H2;2*1H3,(H,3,4). The molecule has 0 aliphatic rings. The summed E-state index contributed by atoms with van der Waals surface area (Å²) in [5, 5.41) is 32.5. The van der Waals surface area contributed by atoms with Crippen LogP contribution in [-0.4, -0.2) is 45.6 Å². The van der Waals surface area contributed by atoms with Gasteiger partial charge in [-0.3, -0.25) is 9.59 Å². The number of aliphatic carboxylic acids is 2. The average molecular weight is 286 g/mol. The second-order valence-electron chi connectivity index (χ2n) is 3.96. The van der Waals surface area contributed by atoms with Gasteiger partial charge in [-0.1, -0.05) is 30.3 Å². The number of benzene rings is 1. The lowest BCUT2D eigenvalue weighted by atomic mass is 10.0. The lowest BCUT2D eigenvalue weighted by Crippen LogP contribution is -2.13. The minimum absolute atomic E-state index is 0.0209. The van der Waals surface area contributed by atoms with Crippen LogP contribution >= 0.6 is 0 Å². The van der Waals surface area contributed by atoms with Crippen LogP contribution in [0.25, 0.3) is 0 Å². The molecule has 0 unspecified atom stereocenters. The Kier molecular flexibility index (Phi) is 13.8. The summed E-state index contributed by atoms with van der Waals surface area (Å²) < 4.78 is 0. The first-order valence-corrected chi connectivity index (χ1v) is 5.98. The highest BCUT2D eigenvalue weighted by molar-refractivity contribution is 5.63. The molecular formula is C14H22O6. The highest BCUT2D eigenvalue weighted by Gasteiger charge is 2.05. The molecule has 0 spiro atoms. The second-order valence-corrected chi connectivity index (χ2v) is 3.96. The van der Waals surface area contributed by atoms with Crippen LogP contribution in [0.15, 0.2) is 30.3 Å². The lowest BCUT2D eigenvalue weighted by Gasteiger charge is -2.09. The number of rotatable bonds is 4. The normalized spacial score (nSPS) is 8.85. The van der Waals surface area contributed by atoms with Crippen molar-refractivity contribution in [3.63, 3.8) is 0 Å². The molecule has 20 heavy (non-hydrogen) atoms. The van der Waals surface area contributed by atoms with Crippen LogP contribution in [0.2, 0.25) is 0 Å². The number of carbonyl (C=O) groups is 2. The topological polar surface area (TPSA) is 115 Å². The van der Waals surface area contributed by atoms with Gasteiger partial charge in [-0.15, -0.1) is 0 Å². The zero-order chi connectivity index (χ0) is 16.0. The largest absolute Gasteiger partial charge is 0.481 e. The molecule has 6 heteroatoms. The van der Waals surface area contributed by atoms with E-state index in [0.717, 1.165) is 25.8 Å². The van der Waals surface area contributed by atoms with Crippen LogP contribution in [0.4, 0.5) is 0 Å². The molecule has 0 radical (unpaired) electrons. The third-order valence-corrected chi connectivity index (χ3v) is 1.88. The Labute approximate surface area is 118 Å². The van der Waals surface area contributed by atoms with E-state index in [1.807, 2.05) is 30.3 Å². The number of hydrogen-bond acceptors (Lipinski definition) is 4. The predicted octanol–water partition coefficient (Wildman–Crippen LogP) is 1.01. The Balaban J connectivity index is 0. The molecule has 1 aromatic carbocycles. The molecule has 1 rings (SSSR count). The van der Waals surface area contributed by atoms with E-state index in [1.54, 1.807) is 0 Å². The third-order valence-electron chi connectivity index (χ3n) is 1.88. The SMILES string of the molecule is CC(=O)O.CC(=O)O.OCC(CO)Cc1ccccc1. The molecule has 0 saturated heterocycles. The first-order chi connectivity index (χ1) is 9.33. The van der Waals surface area contributed by atoms with Crippen LogP contribution < -0.4 is 0 Å². The summed E-state index contributed by atoms with van der Waals surface area (Å²) in [6.07, 6.45) is 0.744. The summed E-state index contributed by atoms with van der Waals surface area (Å²) in [6.45, 7) is 2.26. The zero-order valence-electron chi connectivity index (χ0n) is 11.7. The molecule has 0 aliphatic heterocycles. The van der Waals surface area contributed by atoms with Crippen molar-refractivity contribution in [3.05, 3.63) is 35.9 Å². The minimum Gasteiger partial charge on any atom is -0.481 e. The summed E-state index contributed by atoms with van der Waals surface area (Å²) >= 11 is 0. The molecule has 114 valence electrons. The van der Waals surface area contributed by atoms with Crippen LogP contribution in [0, 0.1) is 5.92 Å². The van der Waals surface area contributed by atoms with E-state index >= 15 is 0 Å². The molecule has 0 saturated carbocycles. The number of aliphatic hydroxyl groups excluding tert-OH is 2. The van der Waals surface area contributed by atoms with E-state index in [-0.39, 0.29) is 19.1 Å². The van der Waals surface area contributed by atoms with Crippen molar-refractivity contribution < 1.29 is 30.0 Å². The van der Waals surface area contributed by atoms with Crippen molar-refractivity contribution in [3.8, 4) is 0 Å². The summed E-state index contributed by atoms with van der Waals surface area (Å²) in [6, 6.07) is 9.87. The number of aliphatic hydroxyl groups is 2. The highest BCUT2D eigenvalue weighted by Crippen LogP contribution is 2.06. The fourth-order valence-corrected chi connectivity index (χ4v) is 1.13. The van der Waals surface area contributed by atoms with Crippen molar-refractivity contribution in [2.45, 2.75) is 20.3 Å². The number of hydrogen-bond donors (Lipinski definition) is 4. The number of carboxylic acids is 2. The average Bonchev–Trinajstić information content (AvgIpc) is 2.36.